The summed E-state index contributed by atoms with van der Waals surface area (Å²) in [5.41, 5.74) is -1.65. The minimum absolute atomic E-state index is 0.0000533. The van der Waals surface area contributed by atoms with Gasteiger partial charge in [0.25, 0.3) is 0 Å². The van der Waals surface area contributed by atoms with Crippen LogP contribution in [0.3, 0.4) is 0 Å². The summed E-state index contributed by atoms with van der Waals surface area (Å²) in [6.45, 7) is 12.4. The highest BCUT2D eigenvalue weighted by molar-refractivity contribution is 6.00. The quantitative estimate of drug-likeness (QED) is 0.134. The van der Waals surface area contributed by atoms with Crippen molar-refractivity contribution in [1.82, 2.24) is 60.0 Å². The number of piperidine rings is 1. The summed E-state index contributed by atoms with van der Waals surface area (Å²) in [7, 11) is 9.92. The molecule has 29 heteroatoms. The summed E-state index contributed by atoms with van der Waals surface area (Å²) in [5.74, 6) is -11.2. The molecule has 14 atom stereocenters. The molecule has 4 aliphatic carbocycles. The number of likely N-dealkylation sites (tertiary alicyclic amines) is 1. The maximum absolute atomic E-state index is 15.8. The summed E-state index contributed by atoms with van der Waals surface area (Å²) in [6.07, 6.45) is 2.95. The van der Waals surface area contributed by atoms with Gasteiger partial charge in [-0.1, -0.05) is 119 Å². The van der Waals surface area contributed by atoms with Gasteiger partial charge in [0.2, 0.25) is 70.9 Å². The molecule has 7 fully saturated rings. The van der Waals surface area contributed by atoms with E-state index in [1.807, 2.05) is 34.6 Å². The Kier molecular flexibility index (Phi) is 32.8. The largest absolute Gasteiger partial charge is 0.394 e. The second-order valence-electron chi connectivity index (χ2n) is 34.1. The number of carbonyl (C=O) groups is 12. The van der Waals surface area contributed by atoms with Gasteiger partial charge in [0.05, 0.1) is 44.7 Å². The number of hydrogen-bond donors (Lipinski definition) is 3. The monoisotopic (exact) mass is 1530 g/mol. The lowest BCUT2D eigenvalue weighted by molar-refractivity contribution is -0.201. The van der Waals surface area contributed by atoms with Gasteiger partial charge in [-0.2, -0.15) is 13.2 Å². The van der Waals surface area contributed by atoms with Gasteiger partial charge in [0.15, 0.2) is 0 Å². The lowest BCUT2D eigenvalue weighted by Gasteiger charge is -2.41. The molecule has 0 radical (unpaired) electrons. The molecule has 108 heavy (non-hydrogen) atoms. The predicted molar refractivity (Wildman–Crippen MR) is 399 cm³/mol. The third-order valence-corrected chi connectivity index (χ3v) is 25.0. The number of hydrogen-bond acceptors (Lipinski definition) is 13. The number of nitrogens with zero attached hydrogens (tertiary/aromatic N) is 9. The van der Waals surface area contributed by atoms with Crippen molar-refractivity contribution in [2.45, 2.75) is 288 Å². The van der Waals surface area contributed by atoms with Crippen LogP contribution in [0.2, 0.25) is 0 Å². The second kappa shape index (κ2) is 40.0. The fourth-order valence-electron chi connectivity index (χ4n) is 17.6. The number of rotatable bonds is 15. The Bertz CT molecular complexity index is 3110. The summed E-state index contributed by atoms with van der Waals surface area (Å²) >= 11 is 0. The van der Waals surface area contributed by atoms with E-state index in [2.05, 4.69) is 22.9 Å². The number of carbonyl (C=O) groups excluding carboxylic acids is 12. The Morgan fingerprint density at radius 2 is 1.18 bits per heavy atom. The van der Waals surface area contributed by atoms with Gasteiger partial charge in [0, 0.05) is 75.4 Å². The van der Waals surface area contributed by atoms with Gasteiger partial charge in [-0.3, -0.25) is 57.5 Å². The van der Waals surface area contributed by atoms with Crippen LogP contribution in [0.4, 0.5) is 17.6 Å². The molecular formula is C79H130F4N12O13. The second-order valence-corrected chi connectivity index (χ2v) is 34.1. The van der Waals surface area contributed by atoms with E-state index in [1.54, 1.807) is 11.8 Å². The topological polar surface area (TPSA) is 279 Å². The van der Waals surface area contributed by atoms with E-state index in [0.717, 1.165) is 78.9 Å². The first kappa shape index (κ1) is 88.5. The van der Waals surface area contributed by atoms with E-state index >= 15 is 38.0 Å². The summed E-state index contributed by atoms with van der Waals surface area (Å²) in [4.78, 5) is 193. The molecule has 3 aliphatic heterocycles. The van der Waals surface area contributed by atoms with Crippen molar-refractivity contribution in [3.05, 3.63) is 0 Å². The van der Waals surface area contributed by atoms with Gasteiger partial charge in [0.1, 0.15) is 54.0 Å². The molecule has 7 rings (SSSR count). The van der Waals surface area contributed by atoms with Crippen LogP contribution in [0.5, 0.6) is 0 Å². The van der Waals surface area contributed by atoms with Crippen LogP contribution in [-0.2, 0) is 62.3 Å². The van der Waals surface area contributed by atoms with Crippen molar-refractivity contribution in [2.24, 2.45) is 47.3 Å². The molecule has 25 nitrogen and oxygen atoms in total. The highest BCUT2D eigenvalue weighted by Gasteiger charge is 2.53. The molecule has 5 unspecified atom stereocenters. The third-order valence-electron chi connectivity index (χ3n) is 25.0. The molecule has 1 spiro atoms. The Labute approximate surface area is 638 Å². The van der Waals surface area contributed by atoms with Crippen LogP contribution in [0.1, 0.15) is 222 Å². The molecule has 0 aromatic rings. The lowest BCUT2D eigenvalue weighted by Crippen LogP contribution is -2.64. The minimum atomic E-state index is -4.77. The van der Waals surface area contributed by atoms with E-state index in [4.69, 9.17) is 4.74 Å². The zero-order valence-electron chi connectivity index (χ0n) is 67.2. The number of likely N-dealkylation sites (N-methyl/N-ethyl adjacent to an activating group) is 7. The summed E-state index contributed by atoms with van der Waals surface area (Å²) in [5, 5.41) is 8.85. The Morgan fingerprint density at radius 1 is 0.583 bits per heavy atom. The molecule has 7 aliphatic rings. The summed E-state index contributed by atoms with van der Waals surface area (Å²) < 4.78 is 64.3. The van der Waals surface area contributed by atoms with Gasteiger partial charge >= 0.3 is 6.18 Å². The van der Waals surface area contributed by atoms with E-state index in [9.17, 15) is 37.1 Å². The highest BCUT2D eigenvalue weighted by atomic mass is 19.4. The molecule has 3 saturated heterocycles. The smallest absolute Gasteiger partial charge is 0.376 e. The zero-order chi connectivity index (χ0) is 79.8. The molecule has 0 aromatic heterocycles. The molecule has 0 aromatic carbocycles. The van der Waals surface area contributed by atoms with Crippen LogP contribution in [0, 0.1) is 47.3 Å². The molecule has 3 heterocycles. The van der Waals surface area contributed by atoms with Crippen molar-refractivity contribution in [3.63, 3.8) is 0 Å². The van der Waals surface area contributed by atoms with Crippen molar-refractivity contribution < 1.29 is 79.8 Å². The highest BCUT2D eigenvalue weighted by Crippen LogP contribution is 2.43. The predicted octanol–water partition coefficient (Wildman–Crippen LogP) is 7.50. The zero-order valence-corrected chi connectivity index (χ0v) is 67.2. The molecule has 12 amide bonds. The molecule has 612 valence electrons. The van der Waals surface area contributed by atoms with E-state index in [1.165, 1.54) is 73.8 Å². The third kappa shape index (κ3) is 23.2. The number of fused-ring (bicyclic) bond motifs is 1. The Balaban J connectivity index is 1.31. The van der Waals surface area contributed by atoms with Gasteiger partial charge in [-0.05, 0) is 131 Å². The first-order valence-corrected chi connectivity index (χ1v) is 40.5. The van der Waals surface area contributed by atoms with Crippen molar-refractivity contribution >= 4 is 70.9 Å². The SMILES string of the molecule is CC[C@H](C)[C@@H]1NC(=O)[C@H](CC(C)C)N(C)C(=O)C[C@@H](C(=O)N2CCCCC2)N(C)C(=O)[C@H](CC(C)C)N(C)C(=O)C2(CCCC2)NC(=O)[C@@H]2C[C@H](OCC3CCCCC3C)CN2C(=O)[C@H](CCC2CCC(C(F)(F)F)C(F)C2)NC(=O)CN(C)C(=O)[C@H](CC2CCCCC2)N(C)C(=O)CN(C)C(=O)CN(C)C1=O. The van der Waals surface area contributed by atoms with Crippen LogP contribution < -0.4 is 16.0 Å². The molecule has 3 N–H and O–H groups in total. The maximum Gasteiger partial charge on any atom is 0.394 e. The first-order valence-electron chi connectivity index (χ1n) is 40.5. The number of amides is 12. The molecule has 4 saturated carbocycles. The normalized spacial score (nSPS) is 30.7. The first-order chi connectivity index (χ1) is 50.9. The number of halogens is 4. The van der Waals surface area contributed by atoms with E-state index in [0.29, 0.717) is 57.7 Å². The average molecular weight is 1530 g/mol. The fraction of sp³-hybridized carbons (Fsp3) is 0.848. The number of alkyl halides is 4. The van der Waals surface area contributed by atoms with Crippen LogP contribution in [-0.4, -0.2) is 276 Å². The van der Waals surface area contributed by atoms with Crippen molar-refractivity contribution in [1.29, 1.82) is 0 Å². The standard InChI is InChI=1S/C79H130F4N12O13/c1-15-51(6)69-76(106)89(10)46-67(98)87(8)47-68(99)91(12)63(41-53-27-18-16-19-28-53)73(103)88(9)45-65(96)84-59(33-31-54-30-32-57(58(80)40-54)79(81,82)83)72(102)95-44-56(108-48-55-29-21-20-26-52(55)7)42-61(95)71(101)86-78(34-22-23-35-78)77(107)93(14)62(39-50(4)5)74(104)92(13)64(75(105)94-36-24-17-25-37-94)43-66(97)90(11)60(38-49(2)3)70(100)85-69/h49-64,69H,15-48H2,1-14H3,(H,84,96)(H,85,100)(H,86,101)/t51-,52?,54?,55?,56-,57?,58?,59-,60-,61-,62-,63-,64-,69-/m0/s1. The number of nitrogens with one attached hydrogen (secondary N) is 3. The van der Waals surface area contributed by atoms with E-state index in [-0.39, 0.29) is 88.0 Å². The molecular weight excluding hydrogens is 1400 g/mol. The minimum Gasteiger partial charge on any atom is -0.376 e. The van der Waals surface area contributed by atoms with Crippen molar-refractivity contribution in [2.75, 3.05) is 95.2 Å². The molecule has 0 bridgehead atoms. The maximum atomic E-state index is 15.8. The van der Waals surface area contributed by atoms with Crippen LogP contribution >= 0.6 is 0 Å². The average Bonchev–Trinajstić information content (AvgIpc) is 1.55. The van der Waals surface area contributed by atoms with Crippen LogP contribution in [0.15, 0.2) is 0 Å². The summed E-state index contributed by atoms with van der Waals surface area (Å²) in [6, 6.07) is -9.09. The van der Waals surface area contributed by atoms with Gasteiger partial charge in [-0.15, -0.1) is 0 Å². The van der Waals surface area contributed by atoms with Gasteiger partial charge in [-0.25, -0.2) is 4.39 Å². The lowest BCUT2D eigenvalue weighted by atomic mass is 9.78. The van der Waals surface area contributed by atoms with Crippen LogP contribution in [0.25, 0.3) is 0 Å². The Hall–Kier alpha value is -6.68. The number of ether oxygens (including phenoxy) is 1. The Morgan fingerprint density at radius 3 is 1.79 bits per heavy atom. The van der Waals surface area contributed by atoms with E-state index < -0.39 is 194 Å². The van der Waals surface area contributed by atoms with Gasteiger partial charge < -0.3 is 64.8 Å². The van der Waals surface area contributed by atoms with Crippen molar-refractivity contribution in [3.8, 4) is 0 Å². The fourth-order valence-corrected chi connectivity index (χ4v) is 17.6.